The molecular weight excluding hydrogens is 246 g/mol. The number of amides is 1. The standard InChI is InChI=1S/C14H17NO4/c1-10-3-2-4-12(7-10)19-6-5-15-9-11(14(17)18)8-13(15)16/h2-4,7,11H,5-6,8-9H2,1H3,(H,17,18). The first-order valence-corrected chi connectivity index (χ1v) is 6.26. The van der Waals surface area contributed by atoms with Crippen molar-refractivity contribution in [2.75, 3.05) is 19.7 Å². The zero-order valence-electron chi connectivity index (χ0n) is 10.8. The Hall–Kier alpha value is -2.04. The number of nitrogens with zero attached hydrogens (tertiary/aromatic N) is 1. The van der Waals surface area contributed by atoms with Gasteiger partial charge in [0.2, 0.25) is 5.91 Å². The summed E-state index contributed by atoms with van der Waals surface area (Å²) in [6.07, 6.45) is 0.0970. The molecule has 1 N–H and O–H groups in total. The van der Waals surface area contributed by atoms with Gasteiger partial charge in [-0.1, -0.05) is 12.1 Å². The number of carboxylic acid groups (broad SMARTS) is 1. The molecule has 1 amide bonds. The number of hydrogen-bond donors (Lipinski definition) is 1. The van der Waals surface area contributed by atoms with Gasteiger partial charge in [0.1, 0.15) is 12.4 Å². The Labute approximate surface area is 111 Å². The number of benzene rings is 1. The van der Waals surface area contributed by atoms with E-state index in [0.717, 1.165) is 11.3 Å². The van der Waals surface area contributed by atoms with Crippen LogP contribution in [0.4, 0.5) is 0 Å². The van der Waals surface area contributed by atoms with Crippen molar-refractivity contribution in [3.63, 3.8) is 0 Å². The van der Waals surface area contributed by atoms with Crippen molar-refractivity contribution in [1.29, 1.82) is 0 Å². The number of carbonyl (C=O) groups is 2. The van der Waals surface area contributed by atoms with E-state index in [9.17, 15) is 9.59 Å². The minimum Gasteiger partial charge on any atom is -0.492 e. The summed E-state index contributed by atoms with van der Waals surface area (Å²) in [6, 6.07) is 7.67. The van der Waals surface area contributed by atoms with Crippen LogP contribution in [-0.4, -0.2) is 41.6 Å². The topological polar surface area (TPSA) is 66.8 Å². The molecule has 5 heteroatoms. The zero-order chi connectivity index (χ0) is 13.8. The van der Waals surface area contributed by atoms with Gasteiger partial charge in [0.15, 0.2) is 0 Å². The van der Waals surface area contributed by atoms with Gasteiger partial charge >= 0.3 is 5.97 Å². The first-order chi connectivity index (χ1) is 9.06. The monoisotopic (exact) mass is 263 g/mol. The van der Waals surface area contributed by atoms with Crippen LogP contribution in [-0.2, 0) is 9.59 Å². The summed E-state index contributed by atoms with van der Waals surface area (Å²) in [7, 11) is 0. The molecule has 2 rings (SSSR count). The van der Waals surface area contributed by atoms with Crippen LogP contribution >= 0.6 is 0 Å². The Bertz CT molecular complexity index is 486. The summed E-state index contributed by atoms with van der Waals surface area (Å²) >= 11 is 0. The van der Waals surface area contributed by atoms with Gasteiger partial charge in [0.05, 0.1) is 12.5 Å². The number of ether oxygens (including phenoxy) is 1. The van der Waals surface area contributed by atoms with Gasteiger partial charge in [-0.15, -0.1) is 0 Å². The number of carbonyl (C=O) groups excluding carboxylic acids is 1. The predicted molar refractivity (Wildman–Crippen MR) is 69.0 cm³/mol. The second-order valence-corrected chi connectivity index (χ2v) is 4.74. The first-order valence-electron chi connectivity index (χ1n) is 6.26. The Morgan fingerprint density at radius 1 is 1.53 bits per heavy atom. The molecule has 1 saturated heterocycles. The highest BCUT2D eigenvalue weighted by Gasteiger charge is 2.33. The fraction of sp³-hybridized carbons (Fsp3) is 0.429. The van der Waals surface area contributed by atoms with E-state index in [0.29, 0.717) is 13.2 Å². The van der Waals surface area contributed by atoms with Crippen molar-refractivity contribution in [2.24, 2.45) is 5.92 Å². The highest BCUT2D eigenvalue weighted by Crippen LogP contribution is 2.18. The molecule has 1 aliphatic rings. The SMILES string of the molecule is Cc1cccc(OCCN2CC(C(=O)O)CC2=O)c1. The lowest BCUT2D eigenvalue weighted by Gasteiger charge is -2.16. The normalized spacial score (nSPS) is 18.7. The van der Waals surface area contributed by atoms with Crippen LogP contribution in [0.15, 0.2) is 24.3 Å². The Morgan fingerprint density at radius 3 is 2.95 bits per heavy atom. The number of aryl methyl sites for hydroxylation is 1. The van der Waals surface area contributed by atoms with E-state index < -0.39 is 11.9 Å². The highest BCUT2D eigenvalue weighted by atomic mass is 16.5. The predicted octanol–water partition coefficient (Wildman–Crippen LogP) is 1.31. The summed E-state index contributed by atoms with van der Waals surface area (Å²) in [6.45, 7) is 3.07. The van der Waals surface area contributed by atoms with Crippen LogP contribution in [0.5, 0.6) is 5.75 Å². The molecular formula is C14H17NO4. The van der Waals surface area contributed by atoms with Crippen LogP contribution in [0.2, 0.25) is 0 Å². The summed E-state index contributed by atoms with van der Waals surface area (Å²) in [5.74, 6) is -0.830. The maximum absolute atomic E-state index is 11.6. The number of likely N-dealkylation sites (tertiary alicyclic amines) is 1. The van der Waals surface area contributed by atoms with Crippen molar-refractivity contribution in [1.82, 2.24) is 4.90 Å². The first kappa shape index (κ1) is 13.4. The lowest BCUT2D eigenvalue weighted by Crippen LogP contribution is -2.30. The van der Waals surface area contributed by atoms with E-state index in [1.807, 2.05) is 31.2 Å². The summed E-state index contributed by atoms with van der Waals surface area (Å²) in [5.41, 5.74) is 1.11. The quantitative estimate of drug-likeness (QED) is 0.869. The molecule has 1 unspecified atom stereocenters. The van der Waals surface area contributed by atoms with E-state index in [1.54, 1.807) is 4.90 Å². The minimum atomic E-state index is -0.907. The van der Waals surface area contributed by atoms with Crippen molar-refractivity contribution in [3.8, 4) is 5.75 Å². The van der Waals surface area contributed by atoms with Crippen molar-refractivity contribution < 1.29 is 19.4 Å². The van der Waals surface area contributed by atoms with Crippen LogP contribution < -0.4 is 4.74 Å². The Morgan fingerprint density at radius 2 is 2.32 bits per heavy atom. The van der Waals surface area contributed by atoms with Crippen molar-refractivity contribution in [3.05, 3.63) is 29.8 Å². The summed E-state index contributed by atoms with van der Waals surface area (Å²) < 4.78 is 5.55. The van der Waals surface area contributed by atoms with E-state index in [1.165, 1.54) is 0 Å². The number of rotatable bonds is 5. The van der Waals surface area contributed by atoms with E-state index >= 15 is 0 Å². The number of aliphatic carboxylic acids is 1. The lowest BCUT2D eigenvalue weighted by molar-refractivity contribution is -0.141. The molecule has 102 valence electrons. The second-order valence-electron chi connectivity index (χ2n) is 4.74. The van der Waals surface area contributed by atoms with E-state index in [-0.39, 0.29) is 18.9 Å². The smallest absolute Gasteiger partial charge is 0.308 e. The summed E-state index contributed by atoms with van der Waals surface area (Å²) in [4.78, 5) is 24.0. The maximum Gasteiger partial charge on any atom is 0.308 e. The zero-order valence-corrected chi connectivity index (χ0v) is 10.8. The van der Waals surface area contributed by atoms with Crippen molar-refractivity contribution in [2.45, 2.75) is 13.3 Å². The molecule has 0 bridgehead atoms. The molecule has 5 nitrogen and oxygen atoms in total. The second kappa shape index (κ2) is 5.73. The van der Waals surface area contributed by atoms with Crippen LogP contribution in [0, 0.1) is 12.8 Å². The third-order valence-electron chi connectivity index (χ3n) is 3.18. The third kappa shape index (κ3) is 3.47. The van der Waals surface area contributed by atoms with Crippen LogP contribution in [0.3, 0.4) is 0 Å². The largest absolute Gasteiger partial charge is 0.492 e. The van der Waals surface area contributed by atoms with Crippen molar-refractivity contribution >= 4 is 11.9 Å². The van der Waals surface area contributed by atoms with E-state index in [2.05, 4.69) is 0 Å². The average molecular weight is 263 g/mol. The number of hydrogen-bond acceptors (Lipinski definition) is 3. The molecule has 1 aliphatic heterocycles. The van der Waals surface area contributed by atoms with Gasteiger partial charge in [-0.3, -0.25) is 9.59 Å². The molecule has 0 aromatic heterocycles. The molecule has 0 saturated carbocycles. The van der Waals surface area contributed by atoms with Gasteiger partial charge in [-0.25, -0.2) is 0 Å². The number of carboxylic acids is 1. The molecule has 19 heavy (non-hydrogen) atoms. The maximum atomic E-state index is 11.6. The Kier molecular flexibility index (Phi) is 4.04. The molecule has 0 aliphatic carbocycles. The Balaban J connectivity index is 1.80. The lowest BCUT2D eigenvalue weighted by atomic mass is 10.1. The van der Waals surface area contributed by atoms with Crippen LogP contribution in [0.25, 0.3) is 0 Å². The molecule has 1 heterocycles. The van der Waals surface area contributed by atoms with Gasteiger partial charge in [-0.2, -0.15) is 0 Å². The van der Waals surface area contributed by atoms with Gasteiger partial charge in [0.25, 0.3) is 0 Å². The van der Waals surface area contributed by atoms with Gasteiger partial charge < -0.3 is 14.7 Å². The summed E-state index contributed by atoms with van der Waals surface area (Å²) in [5, 5.41) is 8.87. The molecule has 0 radical (unpaired) electrons. The molecule has 0 spiro atoms. The fourth-order valence-electron chi connectivity index (χ4n) is 2.13. The van der Waals surface area contributed by atoms with Gasteiger partial charge in [-0.05, 0) is 24.6 Å². The minimum absolute atomic E-state index is 0.0970. The van der Waals surface area contributed by atoms with Gasteiger partial charge in [0, 0.05) is 13.0 Å². The molecule has 1 atom stereocenters. The highest BCUT2D eigenvalue weighted by molar-refractivity contribution is 5.86. The van der Waals surface area contributed by atoms with E-state index in [4.69, 9.17) is 9.84 Å². The molecule has 1 aromatic rings. The molecule has 1 aromatic carbocycles. The van der Waals surface area contributed by atoms with Crippen LogP contribution in [0.1, 0.15) is 12.0 Å². The fourth-order valence-corrected chi connectivity index (χ4v) is 2.13. The molecule has 1 fully saturated rings. The average Bonchev–Trinajstić information content (AvgIpc) is 2.71. The third-order valence-corrected chi connectivity index (χ3v) is 3.18.